The van der Waals surface area contributed by atoms with Gasteiger partial charge in [-0.3, -0.25) is 4.72 Å². The third-order valence-corrected chi connectivity index (χ3v) is 3.62. The zero-order valence-corrected chi connectivity index (χ0v) is 9.91. The molecule has 0 amide bonds. The SMILES string of the molecule is C[C@H]1CNSc2cc(Br)ccc2C1. The predicted octanol–water partition coefficient (Wildman–Crippen LogP) is 3.24. The lowest BCUT2D eigenvalue weighted by atomic mass is 10.0. The molecule has 0 aromatic heterocycles. The van der Waals surface area contributed by atoms with Crippen LogP contribution in [0.1, 0.15) is 12.5 Å². The van der Waals surface area contributed by atoms with Crippen molar-refractivity contribution in [2.45, 2.75) is 18.2 Å². The van der Waals surface area contributed by atoms with Crippen molar-refractivity contribution in [1.29, 1.82) is 0 Å². The van der Waals surface area contributed by atoms with Gasteiger partial charge >= 0.3 is 0 Å². The molecular formula is C10H12BrNS. The van der Waals surface area contributed by atoms with Crippen molar-refractivity contribution in [3.8, 4) is 0 Å². The number of rotatable bonds is 0. The highest BCUT2D eigenvalue weighted by Gasteiger charge is 2.13. The van der Waals surface area contributed by atoms with Crippen LogP contribution in [0.2, 0.25) is 0 Å². The van der Waals surface area contributed by atoms with E-state index in [-0.39, 0.29) is 0 Å². The Morgan fingerprint density at radius 3 is 3.23 bits per heavy atom. The van der Waals surface area contributed by atoms with Gasteiger partial charge in [-0.15, -0.1) is 0 Å². The molecule has 13 heavy (non-hydrogen) atoms. The number of hydrogen-bond donors (Lipinski definition) is 1. The second-order valence-electron chi connectivity index (χ2n) is 3.51. The molecule has 0 aliphatic carbocycles. The first-order valence-corrected chi connectivity index (χ1v) is 6.05. The lowest BCUT2D eigenvalue weighted by molar-refractivity contribution is 0.578. The Bertz CT molecular complexity index is 314. The minimum absolute atomic E-state index is 0.731. The van der Waals surface area contributed by atoms with E-state index < -0.39 is 0 Å². The summed E-state index contributed by atoms with van der Waals surface area (Å²) in [5, 5.41) is 0. The van der Waals surface area contributed by atoms with Gasteiger partial charge in [-0.05, 0) is 42.0 Å². The molecule has 1 nitrogen and oxygen atoms in total. The minimum Gasteiger partial charge on any atom is -0.260 e. The minimum atomic E-state index is 0.731. The van der Waals surface area contributed by atoms with Crippen molar-refractivity contribution in [2.75, 3.05) is 6.54 Å². The average molecular weight is 258 g/mol. The third-order valence-electron chi connectivity index (χ3n) is 2.21. The molecule has 70 valence electrons. The van der Waals surface area contributed by atoms with Gasteiger partial charge in [0, 0.05) is 15.9 Å². The topological polar surface area (TPSA) is 12.0 Å². The van der Waals surface area contributed by atoms with E-state index in [1.165, 1.54) is 16.9 Å². The maximum atomic E-state index is 3.49. The second-order valence-corrected chi connectivity index (χ2v) is 5.36. The highest BCUT2D eigenvalue weighted by molar-refractivity contribution is 9.10. The summed E-state index contributed by atoms with van der Waals surface area (Å²) in [4.78, 5) is 1.36. The Morgan fingerprint density at radius 2 is 2.38 bits per heavy atom. The first-order valence-electron chi connectivity index (χ1n) is 4.44. The van der Waals surface area contributed by atoms with Crippen molar-refractivity contribution in [1.82, 2.24) is 4.72 Å². The van der Waals surface area contributed by atoms with Crippen LogP contribution in [0, 0.1) is 5.92 Å². The zero-order valence-electron chi connectivity index (χ0n) is 7.51. The fraction of sp³-hybridized carbons (Fsp3) is 0.400. The highest BCUT2D eigenvalue weighted by Crippen LogP contribution is 2.28. The normalized spacial score (nSPS) is 22.2. The van der Waals surface area contributed by atoms with E-state index in [4.69, 9.17) is 0 Å². The van der Waals surface area contributed by atoms with Crippen LogP contribution >= 0.6 is 27.9 Å². The molecule has 1 N–H and O–H groups in total. The molecule has 0 radical (unpaired) electrons. The molecule has 0 bridgehead atoms. The van der Waals surface area contributed by atoms with Gasteiger partial charge < -0.3 is 0 Å². The first kappa shape index (κ1) is 9.56. The second kappa shape index (κ2) is 4.03. The van der Waals surface area contributed by atoms with Gasteiger partial charge in [0.25, 0.3) is 0 Å². The summed E-state index contributed by atoms with van der Waals surface area (Å²) in [7, 11) is 0. The van der Waals surface area contributed by atoms with Crippen LogP contribution in [0.15, 0.2) is 27.6 Å². The van der Waals surface area contributed by atoms with E-state index in [2.05, 4.69) is 45.8 Å². The van der Waals surface area contributed by atoms with Crippen molar-refractivity contribution >= 4 is 27.9 Å². The monoisotopic (exact) mass is 257 g/mol. The Kier molecular flexibility index (Phi) is 2.96. The number of fused-ring (bicyclic) bond motifs is 1. The molecule has 1 aliphatic heterocycles. The zero-order chi connectivity index (χ0) is 9.26. The number of halogens is 1. The van der Waals surface area contributed by atoms with Crippen molar-refractivity contribution in [2.24, 2.45) is 5.92 Å². The molecule has 0 saturated heterocycles. The lowest BCUT2D eigenvalue weighted by Crippen LogP contribution is -2.12. The van der Waals surface area contributed by atoms with Crippen LogP contribution in [0.3, 0.4) is 0 Å². The van der Waals surface area contributed by atoms with Gasteiger partial charge in [-0.1, -0.05) is 28.9 Å². The summed E-state index contributed by atoms with van der Waals surface area (Å²) >= 11 is 5.24. The van der Waals surface area contributed by atoms with E-state index in [1.54, 1.807) is 11.9 Å². The molecule has 3 heteroatoms. The Morgan fingerprint density at radius 1 is 1.54 bits per heavy atom. The average Bonchev–Trinajstić information content (AvgIpc) is 2.25. The lowest BCUT2D eigenvalue weighted by Gasteiger charge is -2.06. The molecule has 2 rings (SSSR count). The molecule has 1 aromatic carbocycles. The fourth-order valence-corrected chi connectivity index (χ4v) is 3.01. The molecular weight excluding hydrogens is 246 g/mol. The number of nitrogens with one attached hydrogen (secondary N) is 1. The molecule has 1 aliphatic rings. The Labute approximate surface area is 91.6 Å². The molecule has 1 atom stereocenters. The van der Waals surface area contributed by atoms with Crippen LogP contribution in [-0.4, -0.2) is 6.54 Å². The summed E-state index contributed by atoms with van der Waals surface area (Å²) < 4.78 is 4.54. The van der Waals surface area contributed by atoms with E-state index in [9.17, 15) is 0 Å². The van der Waals surface area contributed by atoms with Crippen LogP contribution in [0.25, 0.3) is 0 Å². The molecule has 0 saturated carbocycles. The van der Waals surface area contributed by atoms with Crippen molar-refractivity contribution < 1.29 is 0 Å². The van der Waals surface area contributed by atoms with E-state index in [1.807, 2.05) is 0 Å². The van der Waals surface area contributed by atoms with E-state index >= 15 is 0 Å². The largest absolute Gasteiger partial charge is 0.260 e. The quantitative estimate of drug-likeness (QED) is 0.717. The van der Waals surface area contributed by atoms with Crippen molar-refractivity contribution in [3.63, 3.8) is 0 Å². The molecule has 1 heterocycles. The summed E-state index contributed by atoms with van der Waals surface area (Å²) in [6, 6.07) is 6.53. The molecule has 0 unspecified atom stereocenters. The smallest absolute Gasteiger partial charge is 0.0271 e. The van der Waals surface area contributed by atoms with Gasteiger partial charge in [0.15, 0.2) is 0 Å². The summed E-state index contributed by atoms with van der Waals surface area (Å²) in [5.41, 5.74) is 1.46. The maximum Gasteiger partial charge on any atom is 0.0271 e. The third kappa shape index (κ3) is 2.27. The van der Waals surface area contributed by atoms with E-state index in [0.717, 1.165) is 16.9 Å². The molecule has 0 fully saturated rings. The Hall–Kier alpha value is 0.01000. The predicted molar refractivity (Wildman–Crippen MR) is 60.9 cm³/mol. The first-order chi connectivity index (χ1) is 6.25. The van der Waals surface area contributed by atoms with Gasteiger partial charge in [-0.2, -0.15) is 0 Å². The van der Waals surface area contributed by atoms with Gasteiger partial charge in [0.2, 0.25) is 0 Å². The van der Waals surface area contributed by atoms with Crippen molar-refractivity contribution in [3.05, 3.63) is 28.2 Å². The summed E-state index contributed by atoms with van der Waals surface area (Å²) in [6.07, 6.45) is 1.18. The van der Waals surface area contributed by atoms with Crippen LogP contribution in [0.5, 0.6) is 0 Å². The van der Waals surface area contributed by atoms with Crippen LogP contribution < -0.4 is 4.72 Å². The highest BCUT2D eigenvalue weighted by atomic mass is 79.9. The molecule has 1 aromatic rings. The Balaban J connectivity index is 2.34. The van der Waals surface area contributed by atoms with Gasteiger partial charge in [0.1, 0.15) is 0 Å². The van der Waals surface area contributed by atoms with Gasteiger partial charge in [0.05, 0.1) is 0 Å². The number of benzene rings is 1. The standard InChI is InChI=1S/C10H12BrNS/c1-7-4-8-2-3-9(11)5-10(8)13-12-6-7/h2-3,5,7,12H,4,6H2,1H3/t7-/m1/s1. The molecule has 0 spiro atoms. The number of hydrogen-bond acceptors (Lipinski definition) is 2. The summed E-state index contributed by atoms with van der Waals surface area (Å²) in [6.45, 7) is 3.38. The van der Waals surface area contributed by atoms with Gasteiger partial charge in [-0.25, -0.2) is 0 Å². The summed E-state index contributed by atoms with van der Waals surface area (Å²) in [5.74, 6) is 0.731. The maximum absolute atomic E-state index is 3.49. The van der Waals surface area contributed by atoms with Crippen LogP contribution in [-0.2, 0) is 6.42 Å². The fourth-order valence-electron chi connectivity index (χ4n) is 1.50. The van der Waals surface area contributed by atoms with Crippen LogP contribution in [0.4, 0.5) is 0 Å². The van der Waals surface area contributed by atoms with E-state index in [0.29, 0.717) is 0 Å².